The van der Waals surface area contributed by atoms with E-state index in [4.69, 9.17) is 5.73 Å². The number of halogens is 3. The smallest absolute Gasteiger partial charge is 0.389 e. The minimum Gasteiger partial charge on any atom is -0.389 e. The van der Waals surface area contributed by atoms with Gasteiger partial charge in [0, 0.05) is 24.3 Å². The molecule has 4 nitrogen and oxygen atoms in total. The van der Waals surface area contributed by atoms with Crippen molar-refractivity contribution in [3.05, 3.63) is 29.3 Å². The van der Waals surface area contributed by atoms with E-state index in [1.54, 1.807) is 4.90 Å². The first kappa shape index (κ1) is 15.0. The molecule has 0 radical (unpaired) electrons. The molecule has 8 heteroatoms. The van der Waals surface area contributed by atoms with Gasteiger partial charge in [0.25, 0.3) is 0 Å². The SMILES string of the molecule is NC(=S)c1cc(N2CC(O)C(O)C2)ccc1C(F)(F)F. The van der Waals surface area contributed by atoms with Crippen LogP contribution in [0.3, 0.4) is 0 Å². The lowest BCUT2D eigenvalue weighted by Crippen LogP contribution is -2.23. The standard InChI is InChI=1S/C12H13F3N2O2S/c13-12(14,15)8-2-1-6(3-7(8)11(16)20)17-4-9(18)10(19)5-17/h1-3,9-10,18-19H,4-5H2,(H2,16,20). The fraction of sp³-hybridized carbons (Fsp3) is 0.417. The van der Waals surface area contributed by atoms with Crippen molar-refractivity contribution in [1.82, 2.24) is 0 Å². The molecule has 0 aromatic heterocycles. The van der Waals surface area contributed by atoms with Crippen molar-refractivity contribution < 1.29 is 23.4 Å². The maximum Gasteiger partial charge on any atom is 0.417 e. The Labute approximate surface area is 118 Å². The lowest BCUT2D eigenvalue weighted by molar-refractivity contribution is -0.137. The van der Waals surface area contributed by atoms with Crippen molar-refractivity contribution in [3.63, 3.8) is 0 Å². The Morgan fingerprint density at radius 1 is 1.25 bits per heavy atom. The molecule has 2 rings (SSSR count). The van der Waals surface area contributed by atoms with Gasteiger partial charge in [-0.3, -0.25) is 0 Å². The average Bonchev–Trinajstić information content (AvgIpc) is 2.67. The summed E-state index contributed by atoms with van der Waals surface area (Å²) in [5.74, 6) is 0. The van der Waals surface area contributed by atoms with Crippen molar-refractivity contribution in [2.45, 2.75) is 18.4 Å². The van der Waals surface area contributed by atoms with E-state index in [0.29, 0.717) is 5.69 Å². The third-order valence-electron chi connectivity index (χ3n) is 3.20. The number of benzene rings is 1. The molecule has 110 valence electrons. The predicted molar refractivity (Wildman–Crippen MR) is 71.6 cm³/mol. The van der Waals surface area contributed by atoms with Crippen LogP contribution in [0.5, 0.6) is 0 Å². The van der Waals surface area contributed by atoms with Gasteiger partial charge in [0.2, 0.25) is 0 Å². The second-order valence-corrected chi connectivity index (χ2v) is 5.07. The number of hydrogen-bond donors (Lipinski definition) is 3. The van der Waals surface area contributed by atoms with E-state index < -0.39 is 23.9 Å². The van der Waals surface area contributed by atoms with Crippen LogP contribution < -0.4 is 10.6 Å². The van der Waals surface area contributed by atoms with Gasteiger partial charge in [-0.15, -0.1) is 0 Å². The van der Waals surface area contributed by atoms with Gasteiger partial charge in [0.1, 0.15) is 4.99 Å². The molecule has 20 heavy (non-hydrogen) atoms. The second-order valence-electron chi connectivity index (χ2n) is 4.63. The van der Waals surface area contributed by atoms with Gasteiger partial charge in [-0.25, -0.2) is 0 Å². The largest absolute Gasteiger partial charge is 0.417 e. The van der Waals surface area contributed by atoms with Crippen LogP contribution in [-0.2, 0) is 6.18 Å². The van der Waals surface area contributed by atoms with Crippen LogP contribution in [0.25, 0.3) is 0 Å². The highest BCUT2D eigenvalue weighted by Gasteiger charge is 2.35. The molecule has 2 unspecified atom stereocenters. The minimum atomic E-state index is -4.54. The summed E-state index contributed by atoms with van der Waals surface area (Å²) < 4.78 is 38.5. The van der Waals surface area contributed by atoms with E-state index in [1.165, 1.54) is 12.1 Å². The summed E-state index contributed by atoms with van der Waals surface area (Å²) >= 11 is 4.66. The molecule has 1 aromatic rings. The van der Waals surface area contributed by atoms with E-state index in [9.17, 15) is 23.4 Å². The molecule has 1 aliphatic rings. The van der Waals surface area contributed by atoms with E-state index >= 15 is 0 Å². The normalized spacial score (nSPS) is 23.1. The number of nitrogens with zero attached hydrogens (tertiary/aromatic N) is 1. The average molecular weight is 306 g/mol. The van der Waals surface area contributed by atoms with E-state index in [-0.39, 0.29) is 23.6 Å². The summed E-state index contributed by atoms with van der Waals surface area (Å²) in [6.45, 7) is 0.284. The Hall–Kier alpha value is -1.38. The van der Waals surface area contributed by atoms with Crippen LogP contribution in [-0.4, -0.2) is 40.5 Å². The molecule has 1 fully saturated rings. The first-order valence-electron chi connectivity index (χ1n) is 5.82. The van der Waals surface area contributed by atoms with Crippen molar-refractivity contribution in [2.75, 3.05) is 18.0 Å². The Morgan fingerprint density at radius 3 is 2.25 bits per heavy atom. The Bertz CT molecular complexity index is 526. The summed E-state index contributed by atoms with van der Waals surface area (Å²) in [6.07, 6.45) is -6.39. The number of alkyl halides is 3. The monoisotopic (exact) mass is 306 g/mol. The maximum absolute atomic E-state index is 12.8. The summed E-state index contributed by atoms with van der Waals surface area (Å²) in [5.41, 5.74) is 4.62. The van der Waals surface area contributed by atoms with Crippen LogP contribution in [0.15, 0.2) is 18.2 Å². The molecule has 1 aliphatic heterocycles. The Balaban J connectivity index is 2.39. The van der Waals surface area contributed by atoms with Gasteiger partial charge in [-0.1, -0.05) is 12.2 Å². The number of nitrogens with two attached hydrogens (primary N) is 1. The molecule has 1 saturated heterocycles. The molecule has 2 atom stereocenters. The van der Waals surface area contributed by atoms with E-state index in [1.807, 2.05) is 0 Å². The second kappa shape index (κ2) is 5.19. The highest BCUT2D eigenvalue weighted by atomic mass is 32.1. The highest BCUT2D eigenvalue weighted by Crippen LogP contribution is 2.34. The van der Waals surface area contributed by atoms with Gasteiger partial charge < -0.3 is 20.8 Å². The first-order valence-corrected chi connectivity index (χ1v) is 6.23. The third kappa shape index (κ3) is 2.87. The Kier molecular flexibility index (Phi) is 3.90. The molecule has 0 amide bonds. The van der Waals surface area contributed by atoms with Crippen molar-refractivity contribution in [2.24, 2.45) is 5.73 Å². The number of β-amino-alcohol motifs (C(OH)–C–C–N with tert-alkyl or cyclic N) is 2. The molecule has 4 N–H and O–H groups in total. The number of aliphatic hydroxyl groups is 2. The number of hydrogen-bond acceptors (Lipinski definition) is 4. The number of anilines is 1. The molecule has 0 spiro atoms. The van der Waals surface area contributed by atoms with Crippen LogP contribution in [0.1, 0.15) is 11.1 Å². The van der Waals surface area contributed by atoms with Gasteiger partial charge in [0.15, 0.2) is 0 Å². The zero-order valence-corrected chi connectivity index (χ0v) is 11.1. The number of aliphatic hydroxyl groups excluding tert-OH is 2. The van der Waals surface area contributed by atoms with Gasteiger partial charge >= 0.3 is 6.18 Å². The number of rotatable bonds is 2. The predicted octanol–water partition coefficient (Wildman–Crippen LogP) is 0.881. The highest BCUT2D eigenvalue weighted by molar-refractivity contribution is 7.80. The fourth-order valence-electron chi connectivity index (χ4n) is 2.16. The van der Waals surface area contributed by atoms with Crippen molar-refractivity contribution >= 4 is 22.9 Å². The lowest BCUT2D eigenvalue weighted by Gasteiger charge is -2.20. The maximum atomic E-state index is 12.8. The van der Waals surface area contributed by atoms with Crippen LogP contribution in [0.2, 0.25) is 0 Å². The van der Waals surface area contributed by atoms with Crippen LogP contribution in [0, 0.1) is 0 Å². The molecule has 1 heterocycles. The minimum absolute atomic E-state index is 0.142. The lowest BCUT2D eigenvalue weighted by atomic mass is 10.1. The summed E-state index contributed by atoms with van der Waals surface area (Å²) in [7, 11) is 0. The molecule has 0 saturated carbocycles. The van der Waals surface area contributed by atoms with E-state index in [0.717, 1.165) is 6.07 Å². The number of thiocarbonyl (C=S) groups is 1. The molecule has 1 aromatic carbocycles. The third-order valence-corrected chi connectivity index (χ3v) is 3.42. The summed E-state index contributed by atoms with van der Waals surface area (Å²) in [4.78, 5) is 1.23. The zero-order chi connectivity index (χ0) is 15.1. The molecular weight excluding hydrogens is 293 g/mol. The molecule has 0 aliphatic carbocycles. The summed E-state index contributed by atoms with van der Waals surface area (Å²) in [5, 5.41) is 18.9. The Morgan fingerprint density at radius 2 is 1.80 bits per heavy atom. The fourth-order valence-corrected chi connectivity index (χ4v) is 2.33. The first-order chi connectivity index (χ1) is 9.20. The van der Waals surface area contributed by atoms with Crippen molar-refractivity contribution in [1.29, 1.82) is 0 Å². The van der Waals surface area contributed by atoms with Gasteiger partial charge in [-0.05, 0) is 18.2 Å². The molecule has 0 bridgehead atoms. The quantitative estimate of drug-likeness (QED) is 0.708. The van der Waals surface area contributed by atoms with Crippen molar-refractivity contribution in [3.8, 4) is 0 Å². The van der Waals surface area contributed by atoms with Gasteiger partial charge in [-0.2, -0.15) is 13.2 Å². The summed E-state index contributed by atoms with van der Waals surface area (Å²) in [6, 6.07) is 3.41. The zero-order valence-electron chi connectivity index (χ0n) is 10.3. The van der Waals surface area contributed by atoms with Gasteiger partial charge in [0.05, 0.1) is 17.8 Å². The van der Waals surface area contributed by atoms with E-state index in [2.05, 4.69) is 12.2 Å². The molecular formula is C12H13F3N2O2S. The topological polar surface area (TPSA) is 69.7 Å². The van der Waals surface area contributed by atoms with Crippen LogP contribution in [0.4, 0.5) is 18.9 Å². The van der Waals surface area contributed by atoms with Crippen LogP contribution >= 0.6 is 12.2 Å².